The van der Waals surface area contributed by atoms with Crippen LogP contribution in [-0.2, 0) is 0 Å². The number of hydrogen-bond donors (Lipinski definition) is 2. The lowest BCUT2D eigenvalue weighted by molar-refractivity contribution is 0.0930. The molecule has 2 N–H and O–H groups in total. The maximum absolute atomic E-state index is 12.5. The van der Waals surface area contributed by atoms with Crippen LogP contribution in [0.15, 0.2) is 27.5 Å². The summed E-state index contributed by atoms with van der Waals surface area (Å²) < 4.78 is 6.96. The van der Waals surface area contributed by atoms with Crippen LogP contribution in [0.25, 0.3) is 0 Å². The number of nitrogens with zero attached hydrogens (tertiary/aromatic N) is 2. The van der Waals surface area contributed by atoms with Crippen LogP contribution in [-0.4, -0.2) is 35.3 Å². The highest BCUT2D eigenvalue weighted by molar-refractivity contribution is 5.96. The van der Waals surface area contributed by atoms with E-state index in [9.17, 15) is 9.59 Å². The third-order valence-corrected chi connectivity index (χ3v) is 5.43. The van der Waals surface area contributed by atoms with Crippen molar-refractivity contribution in [3.8, 4) is 0 Å². The molecule has 0 aromatic carbocycles. The molecular formula is C18H22N4O3. The van der Waals surface area contributed by atoms with Gasteiger partial charge in [-0.3, -0.25) is 9.59 Å². The number of pyridine rings is 1. The van der Waals surface area contributed by atoms with Gasteiger partial charge in [0.05, 0.1) is 11.7 Å². The number of aryl methyl sites for hydroxylation is 2. The van der Waals surface area contributed by atoms with Gasteiger partial charge in [-0.05, 0) is 32.3 Å². The number of rotatable bonds is 3. The van der Waals surface area contributed by atoms with Crippen LogP contribution in [0.5, 0.6) is 0 Å². The summed E-state index contributed by atoms with van der Waals surface area (Å²) in [6.07, 6.45) is 1.04. The Morgan fingerprint density at radius 3 is 3.00 bits per heavy atom. The van der Waals surface area contributed by atoms with Gasteiger partial charge < -0.3 is 19.7 Å². The number of hydrogen-bond acceptors (Lipinski definition) is 5. The smallest absolute Gasteiger partial charge is 0.256 e. The van der Waals surface area contributed by atoms with Crippen LogP contribution in [0.3, 0.4) is 0 Å². The number of carbonyl (C=O) groups is 1. The van der Waals surface area contributed by atoms with E-state index in [0.717, 1.165) is 25.2 Å². The lowest BCUT2D eigenvalue weighted by Crippen LogP contribution is -2.50. The molecule has 2 aromatic rings. The normalized spacial score (nSPS) is 24.6. The average Bonchev–Trinajstić information content (AvgIpc) is 2.94. The van der Waals surface area contributed by atoms with Crippen LogP contribution in [0.1, 0.15) is 45.9 Å². The molecule has 2 bridgehead atoms. The SMILES string of the molecule is Cc1noc(C)c1C(=O)NC[C@H]1[C@@H]2CNC[C@@H](C2)c2cccc(=O)n21. The Morgan fingerprint density at radius 2 is 2.24 bits per heavy atom. The second-order valence-corrected chi connectivity index (χ2v) is 6.99. The molecule has 0 radical (unpaired) electrons. The van der Waals surface area contributed by atoms with Crippen LogP contribution in [0.4, 0.5) is 0 Å². The number of nitrogens with one attached hydrogen (secondary N) is 2. The predicted molar refractivity (Wildman–Crippen MR) is 91.8 cm³/mol. The van der Waals surface area contributed by atoms with Crippen LogP contribution in [0.2, 0.25) is 0 Å². The van der Waals surface area contributed by atoms with Crippen molar-refractivity contribution in [2.75, 3.05) is 19.6 Å². The highest BCUT2D eigenvalue weighted by Crippen LogP contribution is 2.38. The fourth-order valence-electron chi connectivity index (χ4n) is 4.26. The van der Waals surface area contributed by atoms with Crippen LogP contribution >= 0.6 is 0 Å². The Labute approximate surface area is 145 Å². The Bertz CT molecular complexity index is 850. The molecule has 1 saturated heterocycles. The lowest BCUT2D eigenvalue weighted by Gasteiger charge is -2.43. The lowest BCUT2D eigenvalue weighted by atomic mass is 9.79. The average molecular weight is 342 g/mol. The van der Waals surface area contributed by atoms with Crippen LogP contribution in [0, 0.1) is 19.8 Å². The van der Waals surface area contributed by atoms with Crippen molar-refractivity contribution in [1.82, 2.24) is 20.4 Å². The molecule has 2 aromatic heterocycles. The van der Waals surface area contributed by atoms with Gasteiger partial charge in [0.2, 0.25) is 0 Å². The van der Waals surface area contributed by atoms with E-state index >= 15 is 0 Å². The molecule has 1 fully saturated rings. The number of fused-ring (bicyclic) bond motifs is 4. The molecule has 4 rings (SSSR count). The molecule has 132 valence electrons. The van der Waals surface area contributed by atoms with Crippen LogP contribution < -0.4 is 16.2 Å². The van der Waals surface area contributed by atoms with E-state index in [1.165, 1.54) is 0 Å². The third-order valence-electron chi connectivity index (χ3n) is 5.43. The second-order valence-electron chi connectivity index (χ2n) is 6.99. The fourth-order valence-corrected chi connectivity index (χ4v) is 4.26. The molecule has 25 heavy (non-hydrogen) atoms. The topological polar surface area (TPSA) is 89.2 Å². The highest BCUT2D eigenvalue weighted by Gasteiger charge is 2.37. The molecule has 0 saturated carbocycles. The number of amides is 1. The van der Waals surface area contributed by atoms with Gasteiger partial charge in [0.1, 0.15) is 11.3 Å². The molecule has 1 amide bonds. The van der Waals surface area contributed by atoms with Crippen molar-refractivity contribution in [1.29, 1.82) is 0 Å². The zero-order chi connectivity index (χ0) is 17.6. The monoisotopic (exact) mass is 342 g/mol. The minimum Gasteiger partial charge on any atom is -0.361 e. The van der Waals surface area contributed by atoms with E-state index < -0.39 is 0 Å². The quantitative estimate of drug-likeness (QED) is 0.873. The molecule has 0 aliphatic carbocycles. The Hall–Kier alpha value is -2.41. The molecular weight excluding hydrogens is 320 g/mol. The Balaban J connectivity index is 1.61. The molecule has 3 atom stereocenters. The van der Waals surface area contributed by atoms with Crippen molar-refractivity contribution in [3.63, 3.8) is 0 Å². The van der Waals surface area contributed by atoms with Crippen molar-refractivity contribution in [2.24, 2.45) is 5.92 Å². The Kier molecular flexibility index (Phi) is 3.95. The van der Waals surface area contributed by atoms with Crippen molar-refractivity contribution in [2.45, 2.75) is 32.2 Å². The summed E-state index contributed by atoms with van der Waals surface area (Å²) in [6, 6.07) is 5.40. The summed E-state index contributed by atoms with van der Waals surface area (Å²) in [5.41, 5.74) is 2.13. The Morgan fingerprint density at radius 1 is 1.40 bits per heavy atom. The summed E-state index contributed by atoms with van der Waals surface area (Å²) >= 11 is 0. The third kappa shape index (κ3) is 2.68. The van der Waals surface area contributed by atoms with E-state index in [1.54, 1.807) is 19.9 Å². The van der Waals surface area contributed by atoms with Gasteiger partial charge in [-0.1, -0.05) is 11.2 Å². The van der Waals surface area contributed by atoms with Crippen molar-refractivity contribution >= 4 is 5.91 Å². The summed E-state index contributed by atoms with van der Waals surface area (Å²) in [7, 11) is 0. The molecule has 0 spiro atoms. The first kappa shape index (κ1) is 16.1. The number of carbonyl (C=O) groups excluding carboxylic acids is 1. The minimum absolute atomic E-state index is 0.00527. The van der Waals surface area contributed by atoms with E-state index in [0.29, 0.717) is 35.4 Å². The van der Waals surface area contributed by atoms with Gasteiger partial charge in [0, 0.05) is 37.3 Å². The maximum Gasteiger partial charge on any atom is 0.256 e. The van der Waals surface area contributed by atoms with E-state index in [4.69, 9.17) is 4.52 Å². The first-order chi connectivity index (χ1) is 12.1. The van der Waals surface area contributed by atoms with Gasteiger partial charge >= 0.3 is 0 Å². The first-order valence-electron chi connectivity index (χ1n) is 8.69. The number of piperidine rings is 1. The van der Waals surface area contributed by atoms with Gasteiger partial charge in [0.15, 0.2) is 0 Å². The largest absolute Gasteiger partial charge is 0.361 e. The van der Waals surface area contributed by atoms with Crippen molar-refractivity contribution < 1.29 is 9.32 Å². The molecule has 7 heteroatoms. The maximum atomic E-state index is 12.5. The summed E-state index contributed by atoms with van der Waals surface area (Å²) in [5.74, 6) is 1.00. The van der Waals surface area contributed by atoms with E-state index in [1.807, 2.05) is 16.7 Å². The fraction of sp³-hybridized carbons (Fsp3) is 0.500. The molecule has 4 heterocycles. The summed E-state index contributed by atoms with van der Waals surface area (Å²) in [6.45, 7) is 5.66. The first-order valence-corrected chi connectivity index (χ1v) is 8.69. The molecule has 0 unspecified atom stereocenters. The highest BCUT2D eigenvalue weighted by atomic mass is 16.5. The second kappa shape index (κ2) is 6.15. The van der Waals surface area contributed by atoms with E-state index in [2.05, 4.69) is 15.8 Å². The van der Waals surface area contributed by atoms with E-state index in [-0.39, 0.29) is 17.5 Å². The summed E-state index contributed by atoms with van der Waals surface area (Å²) in [5, 5.41) is 10.3. The zero-order valence-corrected chi connectivity index (χ0v) is 14.4. The standard InChI is InChI=1S/C18H22N4O3/c1-10-17(11(2)25-21-10)18(24)20-9-15-13-6-12(7-19-8-13)14-4-3-5-16(23)22(14)15/h3-5,12-13,15,19H,6-9H2,1-2H3,(H,20,24)/t12-,13+,15+/m1/s1. The van der Waals surface area contributed by atoms with Gasteiger partial charge in [0.25, 0.3) is 11.5 Å². The summed E-state index contributed by atoms with van der Waals surface area (Å²) in [4.78, 5) is 25.0. The zero-order valence-electron chi connectivity index (χ0n) is 14.4. The molecule has 2 aliphatic heterocycles. The van der Waals surface area contributed by atoms with Gasteiger partial charge in [-0.2, -0.15) is 0 Å². The van der Waals surface area contributed by atoms with Gasteiger partial charge in [-0.25, -0.2) is 0 Å². The van der Waals surface area contributed by atoms with Crippen molar-refractivity contribution in [3.05, 3.63) is 51.3 Å². The predicted octanol–water partition coefficient (Wildman–Crippen LogP) is 1.13. The minimum atomic E-state index is -0.201. The van der Waals surface area contributed by atoms with Gasteiger partial charge in [-0.15, -0.1) is 0 Å². The number of aromatic nitrogens is 2. The molecule has 2 aliphatic rings. The molecule has 7 nitrogen and oxygen atoms in total.